The summed E-state index contributed by atoms with van der Waals surface area (Å²) >= 11 is 0. The van der Waals surface area contributed by atoms with Crippen LogP contribution in [0.15, 0.2) is 0 Å². The predicted octanol–water partition coefficient (Wildman–Crippen LogP) is 0.259. The molecule has 0 aromatic rings. The van der Waals surface area contributed by atoms with Crippen LogP contribution in [0.1, 0.15) is 32.6 Å². The van der Waals surface area contributed by atoms with Crippen LogP contribution in [0.3, 0.4) is 0 Å². The molecule has 0 radical (unpaired) electrons. The normalized spacial score (nSPS) is 26.7. The lowest BCUT2D eigenvalue weighted by molar-refractivity contribution is -0.127. The molecule has 1 N–H and O–H groups in total. The van der Waals surface area contributed by atoms with E-state index < -0.39 is 10.0 Å². The van der Waals surface area contributed by atoms with Gasteiger partial charge in [-0.05, 0) is 46.2 Å². The summed E-state index contributed by atoms with van der Waals surface area (Å²) < 4.78 is 25.1. The molecule has 122 valence electrons. The summed E-state index contributed by atoms with van der Waals surface area (Å²) in [5.74, 6) is 0.197. The first-order valence-electron chi connectivity index (χ1n) is 7.89. The number of carbonyl (C=O) groups excluding carboxylic acids is 1. The van der Waals surface area contributed by atoms with Crippen molar-refractivity contribution in [2.75, 3.05) is 39.0 Å². The molecular formula is C14H27N3O3S. The Labute approximate surface area is 127 Å². The first kappa shape index (κ1) is 16.7. The summed E-state index contributed by atoms with van der Waals surface area (Å²) in [4.78, 5) is 14.5. The third-order valence-electron chi connectivity index (χ3n) is 4.55. The topological polar surface area (TPSA) is 69.7 Å². The zero-order valence-corrected chi connectivity index (χ0v) is 13.9. The molecule has 6 nitrogen and oxygen atoms in total. The number of nitrogens with zero attached hydrogens (tertiary/aromatic N) is 2. The molecule has 1 amide bonds. The van der Waals surface area contributed by atoms with Gasteiger partial charge in [-0.25, -0.2) is 12.7 Å². The smallest absolute Gasteiger partial charge is 0.223 e. The van der Waals surface area contributed by atoms with Gasteiger partial charge >= 0.3 is 0 Å². The van der Waals surface area contributed by atoms with E-state index in [0.29, 0.717) is 25.9 Å². The molecule has 2 fully saturated rings. The summed E-state index contributed by atoms with van der Waals surface area (Å²) in [6.45, 7) is 4.61. The van der Waals surface area contributed by atoms with E-state index in [1.54, 1.807) is 6.92 Å². The van der Waals surface area contributed by atoms with E-state index in [1.807, 2.05) is 0 Å². The first-order valence-corrected chi connectivity index (χ1v) is 9.50. The highest BCUT2D eigenvalue weighted by atomic mass is 32.2. The highest BCUT2D eigenvalue weighted by molar-refractivity contribution is 7.89. The SMILES string of the molecule is CCS(=O)(=O)N1CCC(C(=O)N[C@H]2CCCN(C)C2)CC1. The van der Waals surface area contributed by atoms with E-state index >= 15 is 0 Å². The number of hydrogen-bond donors (Lipinski definition) is 1. The minimum Gasteiger partial charge on any atom is -0.352 e. The van der Waals surface area contributed by atoms with Crippen LogP contribution in [0.5, 0.6) is 0 Å². The molecule has 2 rings (SSSR count). The van der Waals surface area contributed by atoms with Crippen LogP contribution in [0.2, 0.25) is 0 Å². The monoisotopic (exact) mass is 317 g/mol. The van der Waals surface area contributed by atoms with Crippen LogP contribution >= 0.6 is 0 Å². The Kier molecular flexibility index (Phi) is 5.62. The van der Waals surface area contributed by atoms with Gasteiger partial charge in [-0.15, -0.1) is 0 Å². The van der Waals surface area contributed by atoms with Gasteiger partial charge in [0.25, 0.3) is 0 Å². The summed E-state index contributed by atoms with van der Waals surface area (Å²) in [6.07, 6.45) is 3.43. The van der Waals surface area contributed by atoms with Crippen molar-refractivity contribution in [2.45, 2.75) is 38.6 Å². The van der Waals surface area contributed by atoms with Crippen LogP contribution in [0, 0.1) is 5.92 Å². The molecule has 0 unspecified atom stereocenters. The number of likely N-dealkylation sites (N-methyl/N-ethyl adjacent to an activating group) is 1. The molecule has 0 aromatic heterocycles. The van der Waals surface area contributed by atoms with E-state index in [-0.39, 0.29) is 23.6 Å². The van der Waals surface area contributed by atoms with Gasteiger partial charge in [-0.2, -0.15) is 0 Å². The van der Waals surface area contributed by atoms with Gasteiger partial charge in [-0.1, -0.05) is 0 Å². The fourth-order valence-corrected chi connectivity index (χ4v) is 4.31. The second kappa shape index (κ2) is 7.07. The number of hydrogen-bond acceptors (Lipinski definition) is 4. The summed E-state index contributed by atoms with van der Waals surface area (Å²) in [5, 5.41) is 3.14. The zero-order chi connectivity index (χ0) is 15.5. The minimum absolute atomic E-state index is 0.0412. The highest BCUT2D eigenvalue weighted by Crippen LogP contribution is 2.20. The fraction of sp³-hybridized carbons (Fsp3) is 0.929. The lowest BCUT2D eigenvalue weighted by Gasteiger charge is -2.33. The van der Waals surface area contributed by atoms with Gasteiger partial charge in [0.2, 0.25) is 15.9 Å². The van der Waals surface area contributed by atoms with E-state index in [4.69, 9.17) is 0 Å². The number of amides is 1. The maximum absolute atomic E-state index is 12.3. The van der Waals surface area contributed by atoms with Crippen molar-refractivity contribution < 1.29 is 13.2 Å². The van der Waals surface area contributed by atoms with Crippen molar-refractivity contribution in [3.8, 4) is 0 Å². The van der Waals surface area contributed by atoms with E-state index in [0.717, 1.165) is 25.9 Å². The Morgan fingerprint density at radius 1 is 1.19 bits per heavy atom. The van der Waals surface area contributed by atoms with Gasteiger partial charge in [0.05, 0.1) is 5.75 Å². The quantitative estimate of drug-likeness (QED) is 0.807. The average molecular weight is 317 g/mol. The van der Waals surface area contributed by atoms with Crippen molar-refractivity contribution in [1.29, 1.82) is 0 Å². The van der Waals surface area contributed by atoms with Crippen LogP contribution in [0.25, 0.3) is 0 Å². The van der Waals surface area contributed by atoms with Crippen molar-refractivity contribution >= 4 is 15.9 Å². The van der Waals surface area contributed by atoms with Crippen molar-refractivity contribution in [3.05, 3.63) is 0 Å². The van der Waals surface area contributed by atoms with Crippen LogP contribution < -0.4 is 5.32 Å². The number of carbonyl (C=O) groups is 1. The lowest BCUT2D eigenvalue weighted by atomic mass is 9.96. The van der Waals surface area contributed by atoms with Crippen molar-refractivity contribution in [1.82, 2.24) is 14.5 Å². The third kappa shape index (κ3) is 4.40. The van der Waals surface area contributed by atoms with Crippen LogP contribution in [0.4, 0.5) is 0 Å². The summed E-state index contributed by atoms with van der Waals surface area (Å²) in [5.41, 5.74) is 0. The summed E-state index contributed by atoms with van der Waals surface area (Å²) in [6, 6.07) is 0.244. The van der Waals surface area contributed by atoms with E-state index in [1.165, 1.54) is 4.31 Å². The van der Waals surface area contributed by atoms with Crippen molar-refractivity contribution in [2.24, 2.45) is 5.92 Å². The van der Waals surface area contributed by atoms with Gasteiger partial charge in [-0.3, -0.25) is 4.79 Å². The Morgan fingerprint density at radius 2 is 1.86 bits per heavy atom. The third-order valence-corrected chi connectivity index (χ3v) is 6.44. The minimum atomic E-state index is -3.11. The molecule has 21 heavy (non-hydrogen) atoms. The van der Waals surface area contributed by atoms with Crippen LogP contribution in [-0.2, 0) is 14.8 Å². The largest absolute Gasteiger partial charge is 0.352 e. The predicted molar refractivity (Wildman–Crippen MR) is 82.4 cm³/mol. The van der Waals surface area contributed by atoms with Crippen LogP contribution in [-0.4, -0.2) is 68.6 Å². The molecular weight excluding hydrogens is 290 g/mol. The van der Waals surface area contributed by atoms with E-state index in [2.05, 4.69) is 17.3 Å². The number of nitrogens with one attached hydrogen (secondary N) is 1. The second-order valence-corrected chi connectivity index (χ2v) is 8.44. The number of sulfonamides is 1. The molecule has 0 bridgehead atoms. The molecule has 7 heteroatoms. The van der Waals surface area contributed by atoms with Gasteiger partial charge in [0.15, 0.2) is 0 Å². The molecule has 0 saturated carbocycles. The molecule has 0 spiro atoms. The Balaban J connectivity index is 1.80. The van der Waals surface area contributed by atoms with Crippen molar-refractivity contribution in [3.63, 3.8) is 0 Å². The first-order chi connectivity index (χ1) is 9.92. The number of likely N-dealkylation sites (tertiary alicyclic amines) is 1. The summed E-state index contributed by atoms with van der Waals surface area (Å²) in [7, 11) is -1.03. The highest BCUT2D eigenvalue weighted by Gasteiger charge is 2.31. The lowest BCUT2D eigenvalue weighted by Crippen LogP contribution is -2.50. The number of rotatable bonds is 4. The number of piperidine rings is 2. The van der Waals surface area contributed by atoms with E-state index in [9.17, 15) is 13.2 Å². The maximum atomic E-state index is 12.3. The molecule has 2 aliphatic rings. The molecule has 0 aromatic carbocycles. The Bertz CT molecular complexity index is 458. The molecule has 1 atom stereocenters. The fourth-order valence-electron chi connectivity index (χ4n) is 3.18. The molecule has 2 heterocycles. The average Bonchev–Trinajstić information content (AvgIpc) is 2.47. The molecule has 2 saturated heterocycles. The molecule has 0 aliphatic carbocycles. The Morgan fingerprint density at radius 3 is 2.43 bits per heavy atom. The van der Waals surface area contributed by atoms with Gasteiger partial charge in [0, 0.05) is 31.6 Å². The Hall–Kier alpha value is -0.660. The van der Waals surface area contributed by atoms with Gasteiger partial charge < -0.3 is 10.2 Å². The second-order valence-electron chi connectivity index (χ2n) is 6.18. The maximum Gasteiger partial charge on any atom is 0.223 e. The zero-order valence-electron chi connectivity index (χ0n) is 13.0. The standard InChI is InChI=1S/C14H27N3O3S/c1-3-21(19,20)17-9-6-12(7-10-17)14(18)15-13-5-4-8-16(2)11-13/h12-13H,3-11H2,1-2H3,(H,15,18)/t13-/m0/s1. The molecule has 2 aliphatic heterocycles. The van der Waals surface area contributed by atoms with Gasteiger partial charge in [0.1, 0.15) is 0 Å².